The van der Waals surface area contributed by atoms with Gasteiger partial charge in [-0.25, -0.2) is 0 Å². The first-order chi connectivity index (χ1) is 9.34. The van der Waals surface area contributed by atoms with Crippen molar-refractivity contribution in [2.75, 3.05) is 26.5 Å². The summed E-state index contributed by atoms with van der Waals surface area (Å²) in [7, 11) is 3.05. The van der Waals surface area contributed by atoms with Gasteiger partial charge in [-0.05, 0) is 17.9 Å². The Morgan fingerprint density at radius 3 is 2.30 bits per heavy atom. The van der Waals surface area contributed by atoms with Crippen molar-refractivity contribution in [3.63, 3.8) is 0 Å². The van der Waals surface area contributed by atoms with Crippen LogP contribution >= 0.6 is 0 Å². The fraction of sp³-hybridized carbons (Fsp3) is 0.533. The van der Waals surface area contributed by atoms with Crippen LogP contribution in [-0.2, 0) is 0 Å². The minimum Gasteiger partial charge on any atom is -0.493 e. The van der Waals surface area contributed by atoms with Crippen LogP contribution in [0.4, 0.5) is 5.69 Å². The molecule has 0 spiro atoms. The summed E-state index contributed by atoms with van der Waals surface area (Å²) in [6, 6.07) is 3.20. The molecule has 0 bridgehead atoms. The van der Waals surface area contributed by atoms with Gasteiger partial charge in [-0.2, -0.15) is 0 Å². The molecule has 0 fully saturated rings. The van der Waals surface area contributed by atoms with Gasteiger partial charge in [0.15, 0.2) is 11.5 Å². The van der Waals surface area contributed by atoms with Gasteiger partial charge in [-0.15, -0.1) is 0 Å². The third kappa shape index (κ3) is 3.79. The highest BCUT2D eigenvalue weighted by Crippen LogP contribution is 2.32. The summed E-state index contributed by atoms with van der Waals surface area (Å²) in [6.45, 7) is 6.89. The molecule has 20 heavy (non-hydrogen) atoms. The van der Waals surface area contributed by atoms with Crippen molar-refractivity contribution < 1.29 is 14.3 Å². The van der Waals surface area contributed by atoms with Gasteiger partial charge in [-0.1, -0.05) is 20.8 Å². The molecule has 1 aromatic rings. The second kappa shape index (κ2) is 6.50. The van der Waals surface area contributed by atoms with Crippen LogP contribution in [0, 0.1) is 5.41 Å². The maximum Gasteiger partial charge on any atom is 0.253 e. The van der Waals surface area contributed by atoms with Crippen molar-refractivity contribution >= 4 is 11.6 Å². The van der Waals surface area contributed by atoms with Gasteiger partial charge < -0.3 is 20.5 Å². The molecule has 5 nitrogen and oxygen atoms in total. The van der Waals surface area contributed by atoms with E-state index in [1.807, 2.05) is 0 Å². The summed E-state index contributed by atoms with van der Waals surface area (Å²) in [4.78, 5) is 12.2. The molecule has 1 amide bonds. The highest BCUT2D eigenvalue weighted by molar-refractivity contribution is 6.00. The molecular weight excluding hydrogens is 256 g/mol. The van der Waals surface area contributed by atoms with Crippen molar-refractivity contribution in [2.24, 2.45) is 5.41 Å². The first-order valence-corrected chi connectivity index (χ1v) is 6.64. The molecule has 1 rings (SSSR count). The standard InChI is InChI=1S/C15H24N2O3/c1-6-15(2,3)9-17-14(18)10-7-12(19-4)13(20-5)8-11(10)16/h7-8H,6,9,16H2,1-5H3,(H,17,18). The van der Waals surface area contributed by atoms with E-state index in [0.717, 1.165) is 6.42 Å². The Bertz CT molecular complexity index is 484. The maximum atomic E-state index is 12.2. The van der Waals surface area contributed by atoms with E-state index in [1.54, 1.807) is 12.1 Å². The van der Waals surface area contributed by atoms with Gasteiger partial charge in [0, 0.05) is 18.3 Å². The second-order valence-corrected chi connectivity index (χ2v) is 5.49. The third-order valence-electron chi connectivity index (χ3n) is 3.48. The molecule has 0 aliphatic carbocycles. The number of methoxy groups -OCH3 is 2. The minimum absolute atomic E-state index is 0.0565. The Balaban J connectivity index is 2.93. The van der Waals surface area contributed by atoms with Gasteiger partial charge in [-0.3, -0.25) is 4.79 Å². The number of amides is 1. The third-order valence-corrected chi connectivity index (χ3v) is 3.48. The fourth-order valence-corrected chi connectivity index (χ4v) is 1.63. The average molecular weight is 280 g/mol. The number of hydrogen-bond acceptors (Lipinski definition) is 4. The van der Waals surface area contributed by atoms with E-state index < -0.39 is 0 Å². The molecule has 112 valence electrons. The summed E-state index contributed by atoms with van der Waals surface area (Å²) in [6.07, 6.45) is 0.981. The topological polar surface area (TPSA) is 73.6 Å². The number of nitrogen functional groups attached to an aromatic ring is 1. The van der Waals surface area contributed by atoms with Crippen molar-refractivity contribution in [1.82, 2.24) is 5.32 Å². The summed E-state index contributed by atoms with van der Waals surface area (Å²) in [5, 5.41) is 2.90. The maximum absolute atomic E-state index is 12.2. The van der Waals surface area contributed by atoms with Gasteiger partial charge >= 0.3 is 0 Å². The first-order valence-electron chi connectivity index (χ1n) is 6.64. The van der Waals surface area contributed by atoms with Gasteiger partial charge in [0.1, 0.15) is 0 Å². The lowest BCUT2D eigenvalue weighted by Gasteiger charge is -2.23. The smallest absolute Gasteiger partial charge is 0.253 e. The summed E-state index contributed by atoms with van der Waals surface area (Å²) in [5.74, 6) is 0.794. The summed E-state index contributed by atoms with van der Waals surface area (Å²) >= 11 is 0. The van der Waals surface area contributed by atoms with Gasteiger partial charge in [0.25, 0.3) is 5.91 Å². The van der Waals surface area contributed by atoms with E-state index in [-0.39, 0.29) is 11.3 Å². The first kappa shape index (κ1) is 16.1. The van der Waals surface area contributed by atoms with Crippen molar-refractivity contribution in [1.29, 1.82) is 0 Å². The number of nitrogens with one attached hydrogen (secondary N) is 1. The minimum atomic E-state index is -0.204. The quantitative estimate of drug-likeness (QED) is 0.785. The average Bonchev–Trinajstić information content (AvgIpc) is 2.44. The highest BCUT2D eigenvalue weighted by atomic mass is 16.5. The largest absolute Gasteiger partial charge is 0.493 e. The summed E-state index contributed by atoms with van der Waals surface area (Å²) in [5.41, 5.74) is 6.72. The van der Waals surface area contributed by atoms with Crippen LogP contribution in [0.25, 0.3) is 0 Å². The Kier molecular flexibility index (Phi) is 5.25. The highest BCUT2D eigenvalue weighted by Gasteiger charge is 2.19. The fourth-order valence-electron chi connectivity index (χ4n) is 1.63. The van der Waals surface area contributed by atoms with E-state index in [4.69, 9.17) is 15.2 Å². The SMILES string of the molecule is CCC(C)(C)CNC(=O)c1cc(OC)c(OC)cc1N. The molecule has 5 heteroatoms. The van der Waals surface area contributed by atoms with Crippen LogP contribution in [0.2, 0.25) is 0 Å². The molecule has 0 atom stereocenters. The van der Waals surface area contributed by atoms with E-state index in [9.17, 15) is 4.79 Å². The lowest BCUT2D eigenvalue weighted by molar-refractivity contribution is 0.0936. The van der Waals surface area contributed by atoms with Crippen molar-refractivity contribution in [3.8, 4) is 11.5 Å². The van der Waals surface area contributed by atoms with E-state index in [0.29, 0.717) is 29.3 Å². The van der Waals surface area contributed by atoms with Crippen LogP contribution in [0.3, 0.4) is 0 Å². The van der Waals surface area contributed by atoms with Crippen LogP contribution in [0.5, 0.6) is 11.5 Å². The van der Waals surface area contributed by atoms with Crippen molar-refractivity contribution in [3.05, 3.63) is 17.7 Å². The number of carbonyl (C=O) groups excluding carboxylic acids is 1. The van der Waals surface area contributed by atoms with E-state index in [1.165, 1.54) is 14.2 Å². The molecule has 0 saturated carbocycles. The lowest BCUT2D eigenvalue weighted by atomic mass is 9.90. The number of nitrogens with two attached hydrogens (primary N) is 1. The van der Waals surface area contributed by atoms with Crippen LogP contribution < -0.4 is 20.5 Å². The van der Waals surface area contributed by atoms with Crippen LogP contribution in [-0.4, -0.2) is 26.7 Å². The zero-order chi connectivity index (χ0) is 15.3. The molecule has 0 heterocycles. The van der Waals surface area contributed by atoms with Gasteiger partial charge in [0.05, 0.1) is 19.8 Å². The van der Waals surface area contributed by atoms with E-state index >= 15 is 0 Å². The second-order valence-electron chi connectivity index (χ2n) is 5.49. The predicted molar refractivity (Wildman–Crippen MR) is 80.4 cm³/mol. The number of anilines is 1. The van der Waals surface area contributed by atoms with Gasteiger partial charge in [0.2, 0.25) is 0 Å². The normalized spacial score (nSPS) is 11.1. The Morgan fingerprint density at radius 2 is 1.80 bits per heavy atom. The molecular formula is C15H24N2O3. The van der Waals surface area contributed by atoms with Crippen LogP contribution in [0.1, 0.15) is 37.6 Å². The molecule has 0 aliphatic heterocycles. The molecule has 0 aromatic heterocycles. The molecule has 0 radical (unpaired) electrons. The zero-order valence-electron chi connectivity index (χ0n) is 12.9. The zero-order valence-corrected chi connectivity index (χ0v) is 12.9. The molecule has 0 saturated heterocycles. The van der Waals surface area contributed by atoms with Crippen molar-refractivity contribution in [2.45, 2.75) is 27.2 Å². The van der Waals surface area contributed by atoms with E-state index in [2.05, 4.69) is 26.1 Å². The number of hydrogen-bond donors (Lipinski definition) is 2. The summed E-state index contributed by atoms with van der Waals surface area (Å²) < 4.78 is 10.3. The molecule has 0 aliphatic rings. The molecule has 1 aromatic carbocycles. The number of benzene rings is 1. The monoisotopic (exact) mass is 280 g/mol. The molecule has 3 N–H and O–H groups in total. The number of rotatable bonds is 6. The number of carbonyl (C=O) groups is 1. The van der Waals surface area contributed by atoms with Crippen LogP contribution in [0.15, 0.2) is 12.1 Å². The Labute approximate surface area is 120 Å². The number of ether oxygens (including phenoxy) is 2. The Hall–Kier alpha value is -1.91. The Morgan fingerprint density at radius 1 is 1.25 bits per heavy atom. The predicted octanol–water partition coefficient (Wildman–Crippen LogP) is 2.45. The lowest BCUT2D eigenvalue weighted by Crippen LogP contribution is -2.34. The molecule has 0 unspecified atom stereocenters.